The Balaban J connectivity index is 1.50. The van der Waals surface area contributed by atoms with Crippen molar-refractivity contribution in [3.63, 3.8) is 0 Å². The van der Waals surface area contributed by atoms with Crippen LogP contribution in [0.3, 0.4) is 0 Å². The quantitative estimate of drug-likeness (QED) is 0.792. The second kappa shape index (κ2) is 7.38. The maximum Gasteiger partial charge on any atom is 0.220 e. The third-order valence-corrected chi connectivity index (χ3v) is 6.74. The molecule has 4 atom stereocenters. The molecule has 0 aliphatic heterocycles. The van der Waals surface area contributed by atoms with Gasteiger partial charge in [-0.25, -0.2) is 0 Å². The first-order valence-electron chi connectivity index (χ1n) is 10.0. The van der Waals surface area contributed by atoms with Crippen LogP contribution in [0, 0.1) is 11.8 Å². The van der Waals surface area contributed by atoms with Crippen molar-refractivity contribution in [2.24, 2.45) is 21.8 Å². The van der Waals surface area contributed by atoms with Gasteiger partial charge in [0.1, 0.15) is 0 Å². The van der Waals surface area contributed by atoms with Gasteiger partial charge in [-0.15, -0.1) is 10.2 Å². The fraction of sp³-hybridized carbons (Fsp3) is 0.800. The van der Waals surface area contributed by atoms with Gasteiger partial charge in [0.25, 0.3) is 0 Å². The van der Waals surface area contributed by atoms with E-state index in [0.29, 0.717) is 11.8 Å². The Morgan fingerprint density at radius 1 is 0.840 bits per heavy atom. The molecule has 3 aliphatic carbocycles. The summed E-state index contributed by atoms with van der Waals surface area (Å²) >= 11 is 0. The largest absolute Gasteiger partial charge is 0.425 e. The molecule has 1 aromatic heterocycles. The van der Waals surface area contributed by atoms with Crippen LogP contribution in [0.5, 0.6) is 0 Å². The molecule has 1 heterocycles. The van der Waals surface area contributed by atoms with Crippen LogP contribution in [0.4, 0.5) is 0 Å². The standard InChI is InChI=1S/C20H30N4O/c1-21-17-11-10-14(12-18(17)22-2)19-23-24-20(25-19)16-9-5-7-13-6-3-4-8-15(13)16/h13-16H,3-12H2,1-2H3/b21-17-,22-18-. The predicted molar refractivity (Wildman–Crippen MR) is 99.6 cm³/mol. The molecule has 3 aliphatic rings. The molecule has 0 amide bonds. The molecule has 3 fully saturated rings. The van der Waals surface area contributed by atoms with Crippen molar-refractivity contribution in [1.29, 1.82) is 0 Å². The molecule has 0 saturated heterocycles. The zero-order valence-electron chi connectivity index (χ0n) is 15.6. The molecule has 25 heavy (non-hydrogen) atoms. The summed E-state index contributed by atoms with van der Waals surface area (Å²) < 4.78 is 6.26. The minimum absolute atomic E-state index is 0.302. The van der Waals surface area contributed by atoms with E-state index in [-0.39, 0.29) is 0 Å². The van der Waals surface area contributed by atoms with Gasteiger partial charge < -0.3 is 4.42 Å². The van der Waals surface area contributed by atoms with Gasteiger partial charge in [0.05, 0.1) is 11.4 Å². The molecule has 0 N–H and O–H groups in total. The fourth-order valence-electron chi connectivity index (χ4n) is 5.39. The average molecular weight is 342 g/mol. The van der Waals surface area contributed by atoms with Gasteiger partial charge in [-0.1, -0.05) is 32.1 Å². The predicted octanol–water partition coefficient (Wildman–Crippen LogP) is 4.55. The maximum atomic E-state index is 6.26. The van der Waals surface area contributed by atoms with Gasteiger partial charge in [0, 0.05) is 32.4 Å². The maximum absolute atomic E-state index is 6.26. The first-order chi connectivity index (χ1) is 12.3. The highest BCUT2D eigenvalue weighted by Crippen LogP contribution is 2.48. The van der Waals surface area contributed by atoms with Crippen LogP contribution in [0.15, 0.2) is 14.4 Å². The van der Waals surface area contributed by atoms with E-state index in [1.165, 1.54) is 44.9 Å². The molecular formula is C20H30N4O. The van der Waals surface area contributed by atoms with Gasteiger partial charge in [-0.2, -0.15) is 0 Å². The van der Waals surface area contributed by atoms with Crippen molar-refractivity contribution in [1.82, 2.24) is 10.2 Å². The van der Waals surface area contributed by atoms with Gasteiger partial charge in [-0.3, -0.25) is 9.98 Å². The molecule has 3 saturated carbocycles. The second-order valence-corrected chi connectivity index (χ2v) is 8.00. The van der Waals surface area contributed by atoms with E-state index in [1.54, 1.807) is 0 Å². The average Bonchev–Trinajstić information content (AvgIpc) is 3.17. The monoisotopic (exact) mass is 342 g/mol. The van der Waals surface area contributed by atoms with Crippen molar-refractivity contribution in [3.05, 3.63) is 11.8 Å². The van der Waals surface area contributed by atoms with Crippen LogP contribution in [0.25, 0.3) is 0 Å². The lowest BCUT2D eigenvalue weighted by Crippen LogP contribution is -2.29. The summed E-state index contributed by atoms with van der Waals surface area (Å²) in [6, 6.07) is 0. The summed E-state index contributed by atoms with van der Waals surface area (Å²) in [6.45, 7) is 0. The lowest BCUT2D eigenvalue weighted by Gasteiger charge is -2.39. The highest BCUT2D eigenvalue weighted by molar-refractivity contribution is 6.43. The smallest absolute Gasteiger partial charge is 0.220 e. The highest BCUT2D eigenvalue weighted by atomic mass is 16.4. The van der Waals surface area contributed by atoms with E-state index in [4.69, 9.17) is 4.42 Å². The molecule has 0 radical (unpaired) electrons. The zero-order chi connectivity index (χ0) is 17.2. The third kappa shape index (κ3) is 3.30. The first-order valence-corrected chi connectivity index (χ1v) is 10.0. The van der Waals surface area contributed by atoms with E-state index in [1.807, 2.05) is 14.1 Å². The summed E-state index contributed by atoms with van der Waals surface area (Å²) in [4.78, 5) is 8.79. The van der Waals surface area contributed by atoms with Crippen molar-refractivity contribution in [2.45, 2.75) is 76.0 Å². The summed E-state index contributed by atoms with van der Waals surface area (Å²) in [6.07, 6.45) is 12.3. The van der Waals surface area contributed by atoms with Crippen LogP contribution in [-0.4, -0.2) is 35.7 Å². The van der Waals surface area contributed by atoms with Crippen LogP contribution < -0.4 is 0 Å². The fourth-order valence-corrected chi connectivity index (χ4v) is 5.39. The van der Waals surface area contributed by atoms with Crippen LogP contribution in [-0.2, 0) is 0 Å². The molecule has 0 bridgehead atoms. The Hall–Kier alpha value is -1.52. The Morgan fingerprint density at radius 2 is 1.60 bits per heavy atom. The molecular weight excluding hydrogens is 312 g/mol. The van der Waals surface area contributed by atoms with Crippen molar-refractivity contribution in [2.75, 3.05) is 14.1 Å². The summed E-state index contributed by atoms with van der Waals surface area (Å²) in [5.41, 5.74) is 2.24. The van der Waals surface area contributed by atoms with Gasteiger partial charge in [0.15, 0.2) is 0 Å². The normalized spacial score (nSPS) is 36.6. The van der Waals surface area contributed by atoms with Crippen molar-refractivity contribution < 1.29 is 4.42 Å². The van der Waals surface area contributed by atoms with E-state index in [2.05, 4.69) is 20.2 Å². The number of aliphatic imine (C=N–C) groups is 2. The van der Waals surface area contributed by atoms with Gasteiger partial charge in [-0.05, 0) is 37.5 Å². The molecule has 5 heteroatoms. The lowest BCUT2D eigenvalue weighted by atomic mass is 9.65. The Morgan fingerprint density at radius 3 is 2.44 bits per heavy atom. The number of fused-ring (bicyclic) bond motifs is 1. The number of nitrogens with zero attached hydrogens (tertiary/aromatic N) is 4. The van der Waals surface area contributed by atoms with E-state index >= 15 is 0 Å². The number of aromatic nitrogens is 2. The summed E-state index contributed by atoms with van der Waals surface area (Å²) in [5.74, 6) is 4.20. The molecule has 4 unspecified atom stereocenters. The van der Waals surface area contributed by atoms with Gasteiger partial charge >= 0.3 is 0 Å². The molecule has 5 nitrogen and oxygen atoms in total. The molecule has 4 rings (SSSR count). The molecule has 0 aromatic carbocycles. The molecule has 1 aromatic rings. The van der Waals surface area contributed by atoms with Gasteiger partial charge in [0.2, 0.25) is 11.8 Å². The second-order valence-electron chi connectivity index (χ2n) is 8.00. The van der Waals surface area contributed by atoms with E-state index < -0.39 is 0 Å². The zero-order valence-corrected chi connectivity index (χ0v) is 15.6. The topological polar surface area (TPSA) is 63.6 Å². The van der Waals surface area contributed by atoms with Crippen LogP contribution in [0.2, 0.25) is 0 Å². The van der Waals surface area contributed by atoms with Crippen LogP contribution in [0.1, 0.15) is 87.8 Å². The Labute approximate surface area is 150 Å². The molecule has 0 spiro atoms. The van der Waals surface area contributed by atoms with Crippen LogP contribution >= 0.6 is 0 Å². The number of hydrogen-bond acceptors (Lipinski definition) is 5. The van der Waals surface area contributed by atoms with Crippen molar-refractivity contribution in [3.8, 4) is 0 Å². The third-order valence-electron chi connectivity index (χ3n) is 6.74. The highest BCUT2D eigenvalue weighted by Gasteiger charge is 2.39. The Kier molecular flexibility index (Phi) is 5.00. The molecule has 136 valence electrons. The minimum atomic E-state index is 0.302. The van der Waals surface area contributed by atoms with E-state index in [9.17, 15) is 0 Å². The Bertz CT molecular complexity index is 660. The van der Waals surface area contributed by atoms with Crippen molar-refractivity contribution >= 4 is 11.4 Å². The van der Waals surface area contributed by atoms with E-state index in [0.717, 1.165) is 54.3 Å². The minimum Gasteiger partial charge on any atom is -0.425 e. The lowest BCUT2D eigenvalue weighted by molar-refractivity contribution is 0.128. The summed E-state index contributed by atoms with van der Waals surface area (Å²) in [7, 11) is 3.71. The first kappa shape index (κ1) is 16.9. The SMILES string of the molecule is C/N=C1/CCC(c2nnc(C3CCCC4CCCCC43)o2)C/C1=N/C. The number of rotatable bonds is 2. The number of hydrogen-bond donors (Lipinski definition) is 0. The summed E-state index contributed by atoms with van der Waals surface area (Å²) in [5, 5.41) is 8.97.